The summed E-state index contributed by atoms with van der Waals surface area (Å²) in [5.74, 6) is 0.0269. The maximum atomic E-state index is 12.1. The molecule has 4 heteroatoms. The van der Waals surface area contributed by atoms with Crippen LogP contribution in [0.4, 0.5) is 0 Å². The lowest BCUT2D eigenvalue weighted by Crippen LogP contribution is -2.02. The van der Waals surface area contributed by atoms with E-state index in [0.29, 0.717) is 10.4 Å². The number of aryl methyl sites for hydroxylation is 1. The van der Waals surface area contributed by atoms with Crippen LogP contribution < -0.4 is 0 Å². The van der Waals surface area contributed by atoms with Crippen LogP contribution >= 0.6 is 11.5 Å². The van der Waals surface area contributed by atoms with Crippen LogP contribution in [-0.2, 0) is 6.42 Å². The van der Waals surface area contributed by atoms with Gasteiger partial charge in [-0.3, -0.25) is 4.79 Å². The molecule has 1 aromatic heterocycles. The lowest BCUT2D eigenvalue weighted by Gasteiger charge is -1.99. The molecule has 1 aromatic carbocycles. The van der Waals surface area contributed by atoms with Gasteiger partial charge in [0.05, 0.1) is 5.69 Å². The molecule has 82 valence electrons. The summed E-state index contributed by atoms with van der Waals surface area (Å²) in [5, 5.41) is 4.00. The molecular formula is C12H12N2OS. The van der Waals surface area contributed by atoms with Gasteiger partial charge in [-0.05, 0) is 18.0 Å². The highest BCUT2D eigenvalue weighted by atomic mass is 32.1. The molecule has 0 N–H and O–H groups in total. The lowest BCUT2D eigenvalue weighted by molar-refractivity contribution is 0.104. The lowest BCUT2D eigenvalue weighted by atomic mass is 10.1. The molecule has 16 heavy (non-hydrogen) atoms. The first-order chi connectivity index (χ1) is 7.83. The molecule has 0 aliphatic heterocycles. The highest BCUT2D eigenvalue weighted by Crippen LogP contribution is 2.17. The predicted octanol–water partition coefficient (Wildman–Crippen LogP) is 2.72. The Morgan fingerprint density at radius 1 is 1.31 bits per heavy atom. The van der Waals surface area contributed by atoms with Gasteiger partial charge in [0.25, 0.3) is 0 Å². The Morgan fingerprint density at radius 2 is 2.06 bits per heavy atom. The fraction of sp³-hybridized carbons (Fsp3) is 0.250. The number of nitrogens with zero attached hydrogens (tertiary/aromatic N) is 2. The van der Waals surface area contributed by atoms with Gasteiger partial charge in [0, 0.05) is 5.56 Å². The molecule has 0 fully saturated rings. The molecule has 2 rings (SSSR count). The van der Waals surface area contributed by atoms with E-state index in [4.69, 9.17) is 0 Å². The van der Waals surface area contributed by atoms with E-state index in [1.165, 1.54) is 11.5 Å². The van der Waals surface area contributed by atoms with E-state index >= 15 is 0 Å². The number of benzene rings is 1. The van der Waals surface area contributed by atoms with Crippen molar-refractivity contribution in [1.29, 1.82) is 0 Å². The highest BCUT2D eigenvalue weighted by Gasteiger charge is 2.16. The van der Waals surface area contributed by atoms with Crippen molar-refractivity contribution >= 4 is 17.3 Å². The van der Waals surface area contributed by atoms with Gasteiger partial charge in [0.1, 0.15) is 4.88 Å². The normalized spacial score (nSPS) is 10.3. The third-order valence-corrected chi connectivity index (χ3v) is 3.05. The fourth-order valence-corrected chi connectivity index (χ4v) is 2.17. The second-order valence-corrected chi connectivity index (χ2v) is 4.25. The van der Waals surface area contributed by atoms with Gasteiger partial charge in [0.2, 0.25) is 5.78 Å². The van der Waals surface area contributed by atoms with Crippen LogP contribution in [0.5, 0.6) is 0 Å². The number of aromatic nitrogens is 2. The first-order valence-electron chi connectivity index (χ1n) is 5.24. The van der Waals surface area contributed by atoms with Gasteiger partial charge in [-0.1, -0.05) is 48.2 Å². The molecule has 0 aliphatic carbocycles. The molecule has 0 saturated heterocycles. The van der Waals surface area contributed by atoms with Crippen molar-refractivity contribution in [2.45, 2.75) is 19.8 Å². The average Bonchev–Trinajstić information content (AvgIpc) is 2.78. The van der Waals surface area contributed by atoms with E-state index < -0.39 is 0 Å². The van der Waals surface area contributed by atoms with Crippen LogP contribution in [0.25, 0.3) is 0 Å². The summed E-state index contributed by atoms with van der Waals surface area (Å²) in [6.07, 6.45) is 1.78. The van der Waals surface area contributed by atoms with Crippen LogP contribution in [0.3, 0.4) is 0 Å². The topological polar surface area (TPSA) is 42.9 Å². The number of carbonyl (C=O) groups excluding carboxylic acids is 1. The van der Waals surface area contributed by atoms with Crippen molar-refractivity contribution in [3.63, 3.8) is 0 Å². The summed E-state index contributed by atoms with van der Waals surface area (Å²) in [5.41, 5.74) is 1.52. The summed E-state index contributed by atoms with van der Waals surface area (Å²) in [7, 11) is 0. The molecule has 0 saturated carbocycles. The van der Waals surface area contributed by atoms with Crippen molar-refractivity contribution in [2.24, 2.45) is 0 Å². The van der Waals surface area contributed by atoms with E-state index in [-0.39, 0.29) is 5.78 Å². The summed E-state index contributed by atoms with van der Waals surface area (Å²) < 4.78 is 3.86. The van der Waals surface area contributed by atoms with E-state index in [0.717, 1.165) is 18.5 Å². The molecular weight excluding hydrogens is 220 g/mol. The molecule has 3 nitrogen and oxygen atoms in total. The number of hydrogen-bond acceptors (Lipinski definition) is 4. The number of hydrogen-bond donors (Lipinski definition) is 0. The van der Waals surface area contributed by atoms with E-state index in [9.17, 15) is 4.79 Å². The third kappa shape index (κ3) is 2.17. The monoisotopic (exact) mass is 232 g/mol. The van der Waals surface area contributed by atoms with Crippen LogP contribution in [0.15, 0.2) is 30.3 Å². The summed E-state index contributed by atoms with van der Waals surface area (Å²) in [6, 6.07) is 9.26. The largest absolute Gasteiger partial charge is 0.288 e. The fourth-order valence-electron chi connectivity index (χ4n) is 1.50. The standard InChI is InChI=1S/C12H12N2OS/c1-2-6-10-12(16-14-13-10)11(15)9-7-4-3-5-8-9/h3-5,7-8H,2,6H2,1H3. The molecule has 0 amide bonds. The van der Waals surface area contributed by atoms with Crippen LogP contribution in [-0.4, -0.2) is 15.4 Å². The third-order valence-electron chi connectivity index (χ3n) is 2.28. The van der Waals surface area contributed by atoms with E-state index in [1.807, 2.05) is 30.3 Å². The molecule has 0 radical (unpaired) electrons. The van der Waals surface area contributed by atoms with Gasteiger partial charge in [-0.2, -0.15) is 0 Å². The highest BCUT2D eigenvalue weighted by molar-refractivity contribution is 7.08. The van der Waals surface area contributed by atoms with Crippen LogP contribution in [0.1, 0.15) is 34.3 Å². The number of rotatable bonds is 4. The van der Waals surface area contributed by atoms with Gasteiger partial charge in [0.15, 0.2) is 0 Å². The van der Waals surface area contributed by atoms with Crippen LogP contribution in [0.2, 0.25) is 0 Å². The summed E-state index contributed by atoms with van der Waals surface area (Å²) >= 11 is 1.18. The van der Waals surface area contributed by atoms with Gasteiger partial charge < -0.3 is 0 Å². The van der Waals surface area contributed by atoms with Gasteiger partial charge in [-0.25, -0.2) is 0 Å². The van der Waals surface area contributed by atoms with Crippen molar-refractivity contribution in [2.75, 3.05) is 0 Å². The van der Waals surface area contributed by atoms with Crippen molar-refractivity contribution in [3.8, 4) is 0 Å². The minimum Gasteiger partial charge on any atom is -0.288 e. The van der Waals surface area contributed by atoms with E-state index in [2.05, 4.69) is 16.5 Å². The maximum Gasteiger partial charge on any atom is 0.206 e. The molecule has 2 aromatic rings. The predicted molar refractivity (Wildman–Crippen MR) is 63.8 cm³/mol. The van der Waals surface area contributed by atoms with E-state index in [1.54, 1.807) is 0 Å². The summed E-state index contributed by atoms with van der Waals surface area (Å²) in [6.45, 7) is 2.07. The molecule has 1 heterocycles. The number of ketones is 1. The molecule has 0 atom stereocenters. The average molecular weight is 232 g/mol. The van der Waals surface area contributed by atoms with Gasteiger partial charge in [-0.15, -0.1) is 5.10 Å². The minimum absolute atomic E-state index is 0.0269. The molecule has 0 bridgehead atoms. The Morgan fingerprint density at radius 3 is 2.75 bits per heavy atom. The van der Waals surface area contributed by atoms with Gasteiger partial charge >= 0.3 is 0 Å². The zero-order valence-electron chi connectivity index (χ0n) is 9.01. The quantitative estimate of drug-likeness (QED) is 0.761. The smallest absolute Gasteiger partial charge is 0.206 e. The molecule has 0 unspecified atom stereocenters. The Hall–Kier alpha value is -1.55. The number of carbonyl (C=O) groups is 1. The maximum absolute atomic E-state index is 12.1. The Balaban J connectivity index is 2.31. The van der Waals surface area contributed by atoms with Crippen molar-refractivity contribution < 1.29 is 4.79 Å². The molecule has 0 spiro atoms. The second-order valence-electron chi connectivity index (χ2n) is 3.49. The zero-order valence-corrected chi connectivity index (χ0v) is 9.83. The minimum atomic E-state index is 0.0269. The second kappa shape index (κ2) is 4.99. The Bertz CT molecular complexity index is 479. The van der Waals surface area contributed by atoms with Crippen LogP contribution in [0, 0.1) is 0 Å². The molecule has 0 aliphatic rings. The first kappa shape index (κ1) is 11.0. The van der Waals surface area contributed by atoms with Crippen molar-refractivity contribution in [3.05, 3.63) is 46.5 Å². The van der Waals surface area contributed by atoms with Crippen molar-refractivity contribution in [1.82, 2.24) is 9.59 Å². The first-order valence-corrected chi connectivity index (χ1v) is 6.01. The zero-order chi connectivity index (χ0) is 11.4. The Kier molecular flexibility index (Phi) is 3.41. The SMILES string of the molecule is CCCc1nnsc1C(=O)c1ccccc1. The Labute approximate surface area is 98.3 Å². The summed E-state index contributed by atoms with van der Waals surface area (Å²) in [4.78, 5) is 12.8.